The fraction of sp³-hybridized carbons (Fsp3) is 0.556. The number of esters is 2. The Kier molecular flexibility index (Phi) is 2.15. The van der Waals surface area contributed by atoms with Gasteiger partial charge in [-0.3, -0.25) is 4.79 Å². The van der Waals surface area contributed by atoms with E-state index in [0.29, 0.717) is 0 Å². The second-order valence-corrected chi connectivity index (χ2v) is 3.51. The molecule has 4 nitrogen and oxygen atoms in total. The van der Waals surface area contributed by atoms with E-state index in [-0.39, 0.29) is 5.57 Å². The largest absolute Gasteiger partial charge is 0.453 e. The predicted octanol–water partition coefficient (Wildman–Crippen LogP) is 0.810. The molecule has 1 aliphatic rings. The summed E-state index contributed by atoms with van der Waals surface area (Å²) in [5.74, 6) is -0.950. The second kappa shape index (κ2) is 2.87. The molecule has 13 heavy (non-hydrogen) atoms. The Morgan fingerprint density at radius 3 is 2.46 bits per heavy atom. The molecule has 0 amide bonds. The molecule has 0 aromatic carbocycles. The zero-order valence-electron chi connectivity index (χ0n) is 7.92. The average Bonchev–Trinajstić information content (AvgIpc) is 2.12. The van der Waals surface area contributed by atoms with Crippen LogP contribution in [0.3, 0.4) is 0 Å². The first-order valence-corrected chi connectivity index (χ1v) is 3.94. The SMILES string of the molecule is C=C1C(=O)OC(C)(C)C1OC(C)=O. The van der Waals surface area contributed by atoms with Crippen LogP contribution < -0.4 is 0 Å². The summed E-state index contributed by atoms with van der Waals surface area (Å²) in [6.07, 6.45) is -0.669. The van der Waals surface area contributed by atoms with Crippen LogP contribution in [0.15, 0.2) is 12.2 Å². The van der Waals surface area contributed by atoms with Gasteiger partial charge in [-0.15, -0.1) is 0 Å². The molecule has 1 saturated heterocycles. The fourth-order valence-corrected chi connectivity index (χ4v) is 1.26. The molecule has 0 aromatic rings. The smallest absolute Gasteiger partial charge is 0.338 e. The molecule has 0 saturated carbocycles. The Labute approximate surface area is 76.5 Å². The van der Waals surface area contributed by atoms with Gasteiger partial charge in [0.2, 0.25) is 0 Å². The number of carbonyl (C=O) groups is 2. The first kappa shape index (κ1) is 9.77. The van der Waals surface area contributed by atoms with Crippen molar-refractivity contribution < 1.29 is 19.1 Å². The van der Waals surface area contributed by atoms with E-state index in [1.54, 1.807) is 13.8 Å². The van der Waals surface area contributed by atoms with Crippen molar-refractivity contribution in [2.24, 2.45) is 0 Å². The van der Waals surface area contributed by atoms with E-state index in [0.717, 1.165) is 0 Å². The van der Waals surface area contributed by atoms with Gasteiger partial charge >= 0.3 is 11.9 Å². The molecule has 0 aromatic heterocycles. The molecule has 1 unspecified atom stereocenters. The first-order chi connectivity index (χ1) is 5.84. The third kappa shape index (κ3) is 1.71. The predicted molar refractivity (Wildman–Crippen MR) is 44.9 cm³/mol. The molecule has 0 bridgehead atoms. The Hall–Kier alpha value is -1.32. The minimum absolute atomic E-state index is 0.195. The third-order valence-corrected chi connectivity index (χ3v) is 1.85. The number of carbonyl (C=O) groups excluding carboxylic acids is 2. The van der Waals surface area contributed by atoms with Crippen molar-refractivity contribution in [1.82, 2.24) is 0 Å². The van der Waals surface area contributed by atoms with E-state index >= 15 is 0 Å². The van der Waals surface area contributed by atoms with Crippen molar-refractivity contribution >= 4 is 11.9 Å². The van der Waals surface area contributed by atoms with Crippen molar-refractivity contribution in [1.29, 1.82) is 0 Å². The molecular formula is C9H12O4. The molecule has 1 rings (SSSR count). The molecule has 0 spiro atoms. The number of cyclic esters (lactones) is 1. The van der Waals surface area contributed by atoms with Crippen LogP contribution in [-0.4, -0.2) is 23.6 Å². The highest BCUT2D eigenvalue weighted by Gasteiger charge is 2.47. The zero-order chi connectivity index (χ0) is 10.2. The van der Waals surface area contributed by atoms with Crippen molar-refractivity contribution in [2.45, 2.75) is 32.5 Å². The van der Waals surface area contributed by atoms with Crippen LogP contribution in [0.2, 0.25) is 0 Å². The van der Waals surface area contributed by atoms with Crippen LogP contribution in [0.1, 0.15) is 20.8 Å². The minimum atomic E-state index is -0.806. The van der Waals surface area contributed by atoms with E-state index in [1.165, 1.54) is 6.92 Å². The van der Waals surface area contributed by atoms with Crippen molar-refractivity contribution in [3.8, 4) is 0 Å². The number of hydrogen-bond donors (Lipinski definition) is 0. The van der Waals surface area contributed by atoms with Crippen molar-refractivity contribution in [3.63, 3.8) is 0 Å². The van der Waals surface area contributed by atoms with Gasteiger partial charge in [-0.1, -0.05) is 6.58 Å². The summed E-state index contributed by atoms with van der Waals surface area (Å²) in [5, 5.41) is 0. The van der Waals surface area contributed by atoms with Crippen molar-refractivity contribution in [2.75, 3.05) is 0 Å². The average molecular weight is 184 g/mol. The van der Waals surface area contributed by atoms with Crippen LogP contribution >= 0.6 is 0 Å². The van der Waals surface area contributed by atoms with Gasteiger partial charge in [0, 0.05) is 6.92 Å². The van der Waals surface area contributed by atoms with Crippen LogP contribution in [-0.2, 0) is 19.1 Å². The molecule has 1 atom stereocenters. The molecule has 1 heterocycles. The molecule has 1 aliphatic heterocycles. The van der Waals surface area contributed by atoms with E-state index in [4.69, 9.17) is 9.47 Å². The summed E-state index contributed by atoms with van der Waals surface area (Å²) in [6, 6.07) is 0. The van der Waals surface area contributed by atoms with Crippen molar-refractivity contribution in [3.05, 3.63) is 12.2 Å². The fourth-order valence-electron chi connectivity index (χ4n) is 1.26. The van der Waals surface area contributed by atoms with E-state index in [9.17, 15) is 9.59 Å². The summed E-state index contributed by atoms with van der Waals surface area (Å²) in [7, 11) is 0. The number of rotatable bonds is 1. The Morgan fingerprint density at radius 2 is 2.15 bits per heavy atom. The van der Waals surface area contributed by atoms with Crippen LogP contribution in [0.25, 0.3) is 0 Å². The minimum Gasteiger partial charge on any atom is -0.453 e. The van der Waals surface area contributed by atoms with Gasteiger partial charge in [0.05, 0.1) is 5.57 Å². The second-order valence-electron chi connectivity index (χ2n) is 3.51. The monoisotopic (exact) mass is 184 g/mol. The lowest BCUT2D eigenvalue weighted by atomic mass is 9.99. The Bertz CT molecular complexity index is 277. The Morgan fingerprint density at radius 1 is 1.62 bits per heavy atom. The molecule has 1 fully saturated rings. The highest BCUT2D eigenvalue weighted by atomic mass is 16.6. The maximum absolute atomic E-state index is 11.1. The van der Waals surface area contributed by atoms with Crippen LogP contribution in [0, 0.1) is 0 Å². The van der Waals surface area contributed by atoms with Gasteiger partial charge < -0.3 is 9.47 Å². The topological polar surface area (TPSA) is 52.6 Å². The van der Waals surface area contributed by atoms with Gasteiger partial charge in [0.25, 0.3) is 0 Å². The van der Waals surface area contributed by atoms with Gasteiger partial charge in [0.15, 0.2) is 6.10 Å². The Balaban J connectivity index is 2.87. The summed E-state index contributed by atoms with van der Waals surface area (Å²) in [4.78, 5) is 21.8. The first-order valence-electron chi connectivity index (χ1n) is 3.94. The van der Waals surface area contributed by atoms with Crippen LogP contribution in [0.4, 0.5) is 0 Å². The molecular weight excluding hydrogens is 172 g/mol. The zero-order valence-corrected chi connectivity index (χ0v) is 7.92. The summed E-state index contributed by atoms with van der Waals surface area (Å²) < 4.78 is 9.88. The standard InChI is InChI=1S/C9H12O4/c1-5-7(12-6(2)10)9(3,4)13-8(5)11/h7H,1H2,2-4H3. The van der Waals surface area contributed by atoms with Gasteiger partial charge in [-0.05, 0) is 13.8 Å². The van der Waals surface area contributed by atoms with Gasteiger partial charge in [-0.25, -0.2) is 4.79 Å². The highest BCUT2D eigenvalue weighted by molar-refractivity contribution is 5.92. The maximum atomic E-state index is 11.1. The van der Waals surface area contributed by atoms with E-state index in [2.05, 4.69) is 6.58 Å². The number of hydrogen-bond acceptors (Lipinski definition) is 4. The van der Waals surface area contributed by atoms with Gasteiger partial charge in [-0.2, -0.15) is 0 Å². The lowest BCUT2D eigenvalue weighted by Crippen LogP contribution is -2.36. The molecule has 0 aliphatic carbocycles. The lowest BCUT2D eigenvalue weighted by molar-refractivity contribution is -0.158. The third-order valence-electron chi connectivity index (χ3n) is 1.85. The maximum Gasteiger partial charge on any atom is 0.338 e. The summed E-state index contributed by atoms with van der Waals surface area (Å²) in [6.45, 7) is 8.15. The molecule has 0 radical (unpaired) electrons. The quantitative estimate of drug-likeness (QED) is 0.447. The molecule has 72 valence electrons. The highest BCUT2D eigenvalue weighted by Crippen LogP contribution is 2.31. The van der Waals surface area contributed by atoms with Crippen LogP contribution in [0.5, 0.6) is 0 Å². The normalized spacial score (nSPS) is 25.6. The summed E-state index contributed by atoms with van der Waals surface area (Å²) >= 11 is 0. The van der Waals surface area contributed by atoms with E-state index in [1.807, 2.05) is 0 Å². The lowest BCUT2D eigenvalue weighted by Gasteiger charge is -2.23. The van der Waals surface area contributed by atoms with Gasteiger partial charge in [0.1, 0.15) is 5.60 Å². The summed E-state index contributed by atoms with van der Waals surface area (Å²) in [5.41, 5.74) is -0.611. The molecule has 0 N–H and O–H groups in total. The van der Waals surface area contributed by atoms with E-state index < -0.39 is 23.6 Å². The number of ether oxygens (including phenoxy) is 2. The molecule has 4 heteroatoms.